The number of anilines is 1. The van der Waals surface area contributed by atoms with Crippen LogP contribution in [-0.4, -0.2) is 5.91 Å². The number of amides is 1. The highest BCUT2D eigenvalue weighted by Crippen LogP contribution is 2.39. The molecule has 1 aliphatic carbocycles. The molecule has 0 aliphatic heterocycles. The molecule has 1 amide bonds. The molecule has 0 bridgehead atoms. The van der Waals surface area contributed by atoms with E-state index in [2.05, 4.69) is 27.3 Å². The fourth-order valence-electron chi connectivity index (χ4n) is 2.39. The second kappa shape index (κ2) is 5.30. The highest BCUT2D eigenvalue weighted by Gasteiger charge is 2.41. The molecule has 1 aromatic carbocycles. The molecule has 1 N–H and O–H groups in total. The number of halogens is 2. The summed E-state index contributed by atoms with van der Waals surface area (Å²) in [4.78, 5) is 12.3. The third kappa shape index (κ3) is 2.64. The first-order valence-corrected chi connectivity index (χ1v) is 6.96. The van der Waals surface area contributed by atoms with Gasteiger partial charge in [-0.3, -0.25) is 4.79 Å². The third-order valence-electron chi connectivity index (χ3n) is 3.62. The van der Waals surface area contributed by atoms with E-state index in [1.54, 1.807) is 6.92 Å². The normalized spacial score (nSPS) is 16.9. The topological polar surface area (TPSA) is 52.9 Å². The van der Waals surface area contributed by atoms with Gasteiger partial charge in [-0.25, -0.2) is 4.39 Å². The zero-order valence-corrected chi connectivity index (χ0v) is 12.2. The van der Waals surface area contributed by atoms with Gasteiger partial charge in [0.05, 0.1) is 10.5 Å². The number of hydrogen-bond acceptors (Lipinski definition) is 2. The van der Waals surface area contributed by atoms with Gasteiger partial charge in [0.1, 0.15) is 11.2 Å². The maximum Gasteiger partial charge on any atom is 0.244 e. The SMILES string of the molecule is Cc1cc(F)c(Br)cc1NC(=O)C1(C#N)CCCC1. The standard InChI is InChI=1S/C14H14BrFN2O/c1-9-6-11(16)10(15)7-12(9)18-13(19)14(8-17)4-2-3-5-14/h6-7H,2-5H2,1H3,(H,18,19). The molecule has 5 heteroatoms. The monoisotopic (exact) mass is 324 g/mol. The fraction of sp³-hybridized carbons (Fsp3) is 0.429. The fourth-order valence-corrected chi connectivity index (χ4v) is 2.73. The van der Waals surface area contributed by atoms with Crippen molar-refractivity contribution in [2.75, 3.05) is 5.32 Å². The second-order valence-electron chi connectivity index (χ2n) is 4.94. The predicted octanol–water partition coefficient (Wildman–Crippen LogP) is 3.92. The first kappa shape index (κ1) is 14.0. The van der Waals surface area contributed by atoms with E-state index in [4.69, 9.17) is 0 Å². The van der Waals surface area contributed by atoms with Crippen molar-refractivity contribution in [3.63, 3.8) is 0 Å². The van der Waals surface area contributed by atoms with Crippen LogP contribution in [-0.2, 0) is 4.79 Å². The first-order valence-electron chi connectivity index (χ1n) is 6.17. The number of nitriles is 1. The molecule has 1 fully saturated rings. The van der Waals surface area contributed by atoms with Crippen molar-refractivity contribution in [1.82, 2.24) is 0 Å². The van der Waals surface area contributed by atoms with Crippen LogP contribution in [0.3, 0.4) is 0 Å². The summed E-state index contributed by atoms with van der Waals surface area (Å²) in [6.45, 7) is 1.72. The Morgan fingerprint density at radius 1 is 1.47 bits per heavy atom. The highest BCUT2D eigenvalue weighted by molar-refractivity contribution is 9.10. The van der Waals surface area contributed by atoms with Gasteiger partial charge >= 0.3 is 0 Å². The first-order chi connectivity index (χ1) is 8.98. The molecule has 19 heavy (non-hydrogen) atoms. The van der Waals surface area contributed by atoms with E-state index in [-0.39, 0.29) is 11.7 Å². The van der Waals surface area contributed by atoms with Crippen molar-refractivity contribution < 1.29 is 9.18 Å². The number of nitrogens with zero attached hydrogens (tertiary/aromatic N) is 1. The van der Waals surface area contributed by atoms with Crippen LogP contribution in [0.1, 0.15) is 31.2 Å². The summed E-state index contributed by atoms with van der Waals surface area (Å²) in [7, 11) is 0. The molecule has 1 saturated carbocycles. The van der Waals surface area contributed by atoms with Crippen LogP contribution in [0.25, 0.3) is 0 Å². The molecule has 0 saturated heterocycles. The van der Waals surface area contributed by atoms with Crippen molar-refractivity contribution in [2.45, 2.75) is 32.6 Å². The molecule has 100 valence electrons. The number of nitrogens with one attached hydrogen (secondary N) is 1. The summed E-state index contributed by atoms with van der Waals surface area (Å²) in [5, 5.41) is 12.0. The van der Waals surface area contributed by atoms with Gasteiger partial charge in [-0.15, -0.1) is 0 Å². The maximum absolute atomic E-state index is 13.3. The Hall–Kier alpha value is -1.41. The average Bonchev–Trinajstić information content (AvgIpc) is 2.86. The molecule has 0 radical (unpaired) electrons. The lowest BCUT2D eigenvalue weighted by Gasteiger charge is -2.20. The molecule has 1 aliphatic rings. The molecule has 0 heterocycles. The van der Waals surface area contributed by atoms with Gasteiger partial charge in [-0.2, -0.15) is 5.26 Å². The third-order valence-corrected chi connectivity index (χ3v) is 4.23. The number of benzene rings is 1. The lowest BCUT2D eigenvalue weighted by atomic mass is 9.87. The summed E-state index contributed by atoms with van der Waals surface area (Å²) in [5.41, 5.74) is 0.257. The summed E-state index contributed by atoms with van der Waals surface area (Å²) in [6, 6.07) is 5.03. The zero-order valence-electron chi connectivity index (χ0n) is 10.6. The Labute approximate surface area is 119 Å². The van der Waals surface area contributed by atoms with Crippen molar-refractivity contribution in [3.8, 4) is 6.07 Å². The van der Waals surface area contributed by atoms with Gasteiger partial charge in [-0.1, -0.05) is 12.8 Å². The molecule has 0 atom stereocenters. The van der Waals surface area contributed by atoms with Crippen molar-refractivity contribution in [2.24, 2.45) is 5.41 Å². The second-order valence-corrected chi connectivity index (χ2v) is 5.79. The maximum atomic E-state index is 13.3. The minimum atomic E-state index is -0.923. The number of carbonyl (C=O) groups excluding carboxylic acids is 1. The Morgan fingerprint density at radius 3 is 2.68 bits per heavy atom. The van der Waals surface area contributed by atoms with Gasteiger partial charge < -0.3 is 5.32 Å². The molecular weight excluding hydrogens is 311 g/mol. The van der Waals surface area contributed by atoms with E-state index in [9.17, 15) is 14.4 Å². The van der Waals surface area contributed by atoms with Crippen molar-refractivity contribution in [3.05, 3.63) is 28.0 Å². The molecule has 0 unspecified atom stereocenters. The number of aryl methyl sites for hydroxylation is 1. The van der Waals surface area contributed by atoms with Gasteiger partial charge in [-0.05, 0) is 53.4 Å². The zero-order chi connectivity index (χ0) is 14.0. The quantitative estimate of drug-likeness (QED) is 0.896. The lowest BCUT2D eigenvalue weighted by Crippen LogP contribution is -2.32. The minimum Gasteiger partial charge on any atom is -0.324 e. The molecule has 1 aromatic rings. The Bertz CT molecular complexity index is 559. The van der Waals surface area contributed by atoms with Crippen LogP contribution in [0, 0.1) is 29.5 Å². The molecule has 3 nitrogen and oxygen atoms in total. The van der Waals surface area contributed by atoms with Crippen molar-refractivity contribution in [1.29, 1.82) is 5.26 Å². The summed E-state index contributed by atoms with van der Waals surface area (Å²) in [5.74, 6) is -0.652. The van der Waals surface area contributed by atoms with Crippen LogP contribution < -0.4 is 5.32 Å². The minimum absolute atomic E-state index is 0.283. The Morgan fingerprint density at radius 2 is 2.11 bits per heavy atom. The molecule has 0 aromatic heterocycles. The Kier molecular flexibility index (Phi) is 3.91. The summed E-state index contributed by atoms with van der Waals surface area (Å²) >= 11 is 3.09. The summed E-state index contributed by atoms with van der Waals surface area (Å²) < 4.78 is 13.6. The van der Waals surface area contributed by atoms with Crippen LogP contribution >= 0.6 is 15.9 Å². The van der Waals surface area contributed by atoms with E-state index >= 15 is 0 Å². The smallest absolute Gasteiger partial charge is 0.244 e. The van der Waals surface area contributed by atoms with Crippen molar-refractivity contribution >= 4 is 27.5 Å². The predicted molar refractivity (Wildman–Crippen MR) is 74.0 cm³/mol. The van der Waals surface area contributed by atoms with E-state index in [1.807, 2.05) is 0 Å². The van der Waals surface area contributed by atoms with Gasteiger partial charge in [0.15, 0.2) is 0 Å². The number of hydrogen-bond donors (Lipinski definition) is 1. The molecular formula is C14H14BrFN2O. The number of rotatable bonds is 2. The molecule has 0 spiro atoms. The van der Waals surface area contributed by atoms with Crippen LogP contribution in [0.5, 0.6) is 0 Å². The highest BCUT2D eigenvalue weighted by atomic mass is 79.9. The van der Waals surface area contributed by atoms with Crippen LogP contribution in [0.4, 0.5) is 10.1 Å². The van der Waals surface area contributed by atoms with Gasteiger partial charge in [0.2, 0.25) is 5.91 Å². The van der Waals surface area contributed by atoms with E-state index in [1.165, 1.54) is 12.1 Å². The lowest BCUT2D eigenvalue weighted by molar-refractivity contribution is -0.122. The van der Waals surface area contributed by atoms with E-state index in [0.717, 1.165) is 12.8 Å². The van der Waals surface area contributed by atoms with Gasteiger partial charge in [0.25, 0.3) is 0 Å². The van der Waals surface area contributed by atoms with Crippen LogP contribution in [0.2, 0.25) is 0 Å². The van der Waals surface area contributed by atoms with E-state index < -0.39 is 5.41 Å². The van der Waals surface area contributed by atoms with Crippen LogP contribution in [0.15, 0.2) is 16.6 Å². The van der Waals surface area contributed by atoms with E-state index in [0.29, 0.717) is 28.6 Å². The largest absolute Gasteiger partial charge is 0.324 e. The molecule has 2 rings (SSSR count). The number of carbonyl (C=O) groups is 1. The van der Waals surface area contributed by atoms with Gasteiger partial charge in [0, 0.05) is 5.69 Å². The average molecular weight is 325 g/mol. The Balaban J connectivity index is 2.24. The summed E-state index contributed by atoms with van der Waals surface area (Å²) in [6.07, 6.45) is 2.98.